The number of fused-ring (bicyclic) bond motifs is 1. The Morgan fingerprint density at radius 2 is 1.74 bits per heavy atom. The Morgan fingerprint density at radius 3 is 2.47 bits per heavy atom. The normalized spacial score (nSPS) is 17.5. The van der Waals surface area contributed by atoms with Crippen molar-refractivity contribution in [1.29, 1.82) is 0 Å². The standard InChI is InChI=1S/C27H26F3N3O5/c1-16-14-18(20-6-2-4-8-22(20)31-16)15-37-19-12-10-17(11-13-19)24(34)32-23-9-5-3-7-21(23)25(35)33-38-26(36)27(28,29)30/h2,4,6,8,10-14,21,23H,3,5,7,9,15H2,1H3,(H,32,34)(H,33,35). The second-order valence-corrected chi connectivity index (χ2v) is 9.08. The first-order valence-corrected chi connectivity index (χ1v) is 12.1. The summed E-state index contributed by atoms with van der Waals surface area (Å²) in [6.07, 6.45) is -3.06. The average Bonchev–Trinajstić information content (AvgIpc) is 2.90. The summed E-state index contributed by atoms with van der Waals surface area (Å²) < 4.78 is 42.9. The van der Waals surface area contributed by atoms with Crippen molar-refractivity contribution in [3.05, 3.63) is 71.4 Å². The van der Waals surface area contributed by atoms with Gasteiger partial charge in [-0.2, -0.15) is 18.7 Å². The number of aromatic nitrogens is 1. The van der Waals surface area contributed by atoms with Gasteiger partial charge in [0.25, 0.3) is 11.8 Å². The summed E-state index contributed by atoms with van der Waals surface area (Å²) in [7, 11) is 0. The number of hydrogen-bond donors (Lipinski definition) is 2. The fraction of sp³-hybridized carbons (Fsp3) is 0.333. The molecule has 1 aliphatic rings. The number of rotatable bonds is 6. The van der Waals surface area contributed by atoms with Crippen molar-refractivity contribution in [3.8, 4) is 5.75 Å². The highest BCUT2D eigenvalue weighted by atomic mass is 19.4. The van der Waals surface area contributed by atoms with Gasteiger partial charge in [-0.15, -0.1) is 0 Å². The molecule has 3 aromatic rings. The summed E-state index contributed by atoms with van der Waals surface area (Å²) in [5.74, 6) is -4.13. The minimum atomic E-state index is -5.23. The Bertz CT molecular complexity index is 1330. The molecule has 1 aromatic heterocycles. The highest BCUT2D eigenvalue weighted by Gasteiger charge is 2.42. The zero-order valence-electron chi connectivity index (χ0n) is 20.5. The summed E-state index contributed by atoms with van der Waals surface area (Å²) >= 11 is 0. The third kappa shape index (κ3) is 6.58. The van der Waals surface area contributed by atoms with Gasteiger partial charge in [0.1, 0.15) is 12.4 Å². The second kappa shape index (κ2) is 11.5. The quantitative estimate of drug-likeness (QED) is 0.454. The molecule has 38 heavy (non-hydrogen) atoms. The highest BCUT2D eigenvalue weighted by Crippen LogP contribution is 2.26. The molecule has 1 heterocycles. The largest absolute Gasteiger partial charge is 0.493 e. The van der Waals surface area contributed by atoms with Crippen LogP contribution in [0.3, 0.4) is 0 Å². The monoisotopic (exact) mass is 529 g/mol. The number of pyridine rings is 1. The number of benzene rings is 2. The number of hydroxylamine groups is 1. The molecule has 2 atom stereocenters. The van der Waals surface area contributed by atoms with Crippen molar-refractivity contribution in [3.63, 3.8) is 0 Å². The molecule has 0 spiro atoms. The number of ether oxygens (including phenoxy) is 1. The number of para-hydroxylation sites is 1. The predicted molar refractivity (Wildman–Crippen MR) is 131 cm³/mol. The first-order valence-electron chi connectivity index (χ1n) is 12.1. The Labute approximate surface area is 216 Å². The molecule has 11 heteroatoms. The Kier molecular flexibility index (Phi) is 8.13. The van der Waals surface area contributed by atoms with E-state index in [1.165, 1.54) is 0 Å². The van der Waals surface area contributed by atoms with Gasteiger partial charge in [0, 0.05) is 28.2 Å². The highest BCUT2D eigenvalue weighted by molar-refractivity contribution is 5.95. The van der Waals surface area contributed by atoms with Crippen LogP contribution in [-0.2, 0) is 21.0 Å². The lowest BCUT2D eigenvalue weighted by atomic mass is 9.84. The summed E-state index contributed by atoms with van der Waals surface area (Å²) in [4.78, 5) is 44.5. The van der Waals surface area contributed by atoms with E-state index in [1.807, 2.05) is 37.3 Å². The van der Waals surface area contributed by atoms with Gasteiger partial charge in [-0.3, -0.25) is 14.6 Å². The van der Waals surface area contributed by atoms with E-state index in [4.69, 9.17) is 4.74 Å². The van der Waals surface area contributed by atoms with E-state index in [0.29, 0.717) is 37.2 Å². The van der Waals surface area contributed by atoms with Gasteiger partial charge in [-0.25, -0.2) is 4.79 Å². The van der Waals surface area contributed by atoms with Crippen molar-refractivity contribution in [2.75, 3.05) is 0 Å². The molecule has 2 unspecified atom stereocenters. The smallest absolute Gasteiger partial charge is 0.489 e. The molecule has 2 aromatic carbocycles. The third-order valence-electron chi connectivity index (χ3n) is 6.34. The molecule has 0 aliphatic heterocycles. The maximum atomic E-state index is 12.8. The van der Waals surface area contributed by atoms with Crippen LogP contribution in [0.1, 0.15) is 47.3 Å². The molecular weight excluding hydrogens is 503 g/mol. The van der Waals surface area contributed by atoms with Gasteiger partial charge in [-0.1, -0.05) is 31.0 Å². The number of alkyl halides is 3. The second-order valence-electron chi connectivity index (χ2n) is 9.08. The van der Waals surface area contributed by atoms with Crippen molar-refractivity contribution >= 4 is 28.7 Å². The number of carbonyl (C=O) groups excluding carboxylic acids is 3. The third-order valence-corrected chi connectivity index (χ3v) is 6.34. The summed E-state index contributed by atoms with van der Waals surface area (Å²) in [6, 6.07) is 15.6. The molecule has 1 aliphatic carbocycles. The van der Waals surface area contributed by atoms with Gasteiger partial charge in [0.15, 0.2) is 0 Å². The van der Waals surface area contributed by atoms with Gasteiger partial charge in [0.2, 0.25) is 0 Å². The van der Waals surface area contributed by atoms with E-state index in [2.05, 4.69) is 15.1 Å². The van der Waals surface area contributed by atoms with Crippen LogP contribution in [0.25, 0.3) is 10.9 Å². The molecule has 0 saturated heterocycles. The molecule has 2 amide bonds. The molecule has 2 N–H and O–H groups in total. The van der Waals surface area contributed by atoms with E-state index in [0.717, 1.165) is 28.6 Å². The number of aryl methyl sites for hydroxylation is 1. The first-order chi connectivity index (χ1) is 18.1. The predicted octanol–water partition coefficient (Wildman–Crippen LogP) is 4.55. The van der Waals surface area contributed by atoms with Crippen LogP contribution in [0.15, 0.2) is 54.6 Å². The van der Waals surface area contributed by atoms with Gasteiger partial charge in [-0.05, 0) is 56.2 Å². The number of amides is 2. The zero-order valence-corrected chi connectivity index (χ0v) is 20.5. The van der Waals surface area contributed by atoms with Crippen molar-refractivity contribution in [2.45, 2.75) is 51.4 Å². The van der Waals surface area contributed by atoms with E-state index in [-0.39, 0.29) is 0 Å². The van der Waals surface area contributed by atoms with Crippen LogP contribution < -0.4 is 15.5 Å². The van der Waals surface area contributed by atoms with Crippen LogP contribution >= 0.6 is 0 Å². The number of halogens is 3. The molecule has 1 fully saturated rings. The van der Waals surface area contributed by atoms with Crippen molar-refractivity contribution in [2.24, 2.45) is 5.92 Å². The Hall–Kier alpha value is -4.15. The van der Waals surface area contributed by atoms with Crippen LogP contribution in [0.5, 0.6) is 5.75 Å². The fourth-order valence-corrected chi connectivity index (χ4v) is 4.48. The van der Waals surface area contributed by atoms with Crippen LogP contribution in [-0.4, -0.2) is 35.0 Å². The van der Waals surface area contributed by atoms with Crippen LogP contribution in [0.2, 0.25) is 0 Å². The number of hydrogen-bond acceptors (Lipinski definition) is 6. The SMILES string of the molecule is Cc1cc(COc2ccc(C(=O)NC3CCCCC3C(=O)NOC(=O)C(F)(F)F)cc2)c2ccccc2n1. The number of carbonyl (C=O) groups is 3. The number of nitrogens with one attached hydrogen (secondary N) is 2. The van der Waals surface area contributed by atoms with Crippen molar-refractivity contribution < 1.29 is 37.1 Å². The van der Waals surface area contributed by atoms with Crippen LogP contribution in [0, 0.1) is 12.8 Å². The summed E-state index contributed by atoms with van der Waals surface area (Å²) in [5, 5.41) is 3.77. The van der Waals surface area contributed by atoms with E-state index < -0.39 is 35.9 Å². The van der Waals surface area contributed by atoms with Gasteiger partial charge < -0.3 is 14.9 Å². The van der Waals surface area contributed by atoms with E-state index in [1.54, 1.807) is 29.7 Å². The Morgan fingerprint density at radius 1 is 1.03 bits per heavy atom. The van der Waals surface area contributed by atoms with E-state index >= 15 is 0 Å². The molecule has 4 rings (SSSR count). The van der Waals surface area contributed by atoms with Crippen molar-refractivity contribution in [1.82, 2.24) is 15.8 Å². The lowest BCUT2D eigenvalue weighted by molar-refractivity contribution is -0.208. The molecule has 8 nitrogen and oxygen atoms in total. The van der Waals surface area contributed by atoms with Gasteiger partial charge in [0.05, 0.1) is 11.4 Å². The van der Waals surface area contributed by atoms with Crippen LogP contribution in [0.4, 0.5) is 13.2 Å². The minimum absolute atomic E-state index is 0.313. The lowest BCUT2D eigenvalue weighted by Crippen LogP contribution is -2.49. The topological polar surface area (TPSA) is 107 Å². The average molecular weight is 530 g/mol. The molecular formula is C27H26F3N3O5. The minimum Gasteiger partial charge on any atom is -0.489 e. The summed E-state index contributed by atoms with van der Waals surface area (Å²) in [6.45, 7) is 2.23. The van der Waals surface area contributed by atoms with Gasteiger partial charge >= 0.3 is 12.1 Å². The molecule has 0 bridgehead atoms. The zero-order chi connectivity index (χ0) is 27.3. The fourth-order valence-electron chi connectivity index (χ4n) is 4.48. The molecule has 1 saturated carbocycles. The maximum absolute atomic E-state index is 12.8. The Balaban J connectivity index is 1.35. The number of nitrogens with zero attached hydrogens (tertiary/aromatic N) is 1. The maximum Gasteiger partial charge on any atom is 0.493 e. The van der Waals surface area contributed by atoms with E-state index in [9.17, 15) is 27.6 Å². The lowest BCUT2D eigenvalue weighted by Gasteiger charge is -2.30. The molecule has 0 radical (unpaired) electrons. The first kappa shape index (κ1) is 26.9. The summed E-state index contributed by atoms with van der Waals surface area (Å²) in [5.41, 5.74) is 4.64. The molecule has 200 valence electrons.